The van der Waals surface area contributed by atoms with Crippen LogP contribution in [0, 0.1) is 12.3 Å². The number of fused-ring (bicyclic) bond motifs is 1. The quantitative estimate of drug-likeness (QED) is 0.584. The molecule has 0 radical (unpaired) electrons. The van der Waals surface area contributed by atoms with Crippen molar-refractivity contribution in [1.82, 2.24) is 0 Å². The Morgan fingerprint density at radius 2 is 2.11 bits per heavy atom. The molecular formula is C16H15NO. The number of hydrogen-bond donors (Lipinski definition) is 0. The lowest BCUT2D eigenvalue weighted by Gasteiger charge is -2.06. The predicted molar refractivity (Wildman–Crippen MR) is 76.7 cm³/mol. The Kier molecular flexibility index (Phi) is 3.64. The maximum absolute atomic E-state index is 5.41. The van der Waals surface area contributed by atoms with Crippen LogP contribution < -0.4 is 4.74 Å². The topological polar surface area (TPSA) is 21.6 Å². The summed E-state index contributed by atoms with van der Waals surface area (Å²) in [6.07, 6.45) is 5.18. The first-order valence-electron chi connectivity index (χ1n) is 5.81. The van der Waals surface area contributed by atoms with Gasteiger partial charge in [0, 0.05) is 11.1 Å². The number of hydrogen-bond acceptors (Lipinski definition) is 2. The predicted octanol–water partition coefficient (Wildman–Crippen LogP) is 3.96. The summed E-state index contributed by atoms with van der Waals surface area (Å²) in [6.45, 7) is 4.27. The number of terminal acetylenes is 1. The fourth-order valence-electron chi connectivity index (χ4n) is 1.80. The van der Waals surface area contributed by atoms with E-state index in [1.807, 2.05) is 50.2 Å². The molecule has 2 rings (SSSR count). The molecule has 2 aromatic carbocycles. The molecule has 0 amide bonds. The van der Waals surface area contributed by atoms with Gasteiger partial charge < -0.3 is 4.74 Å². The average molecular weight is 237 g/mol. The summed E-state index contributed by atoms with van der Waals surface area (Å²) < 4.78 is 5.41. The van der Waals surface area contributed by atoms with Crippen molar-refractivity contribution in [2.75, 3.05) is 6.61 Å². The Labute approximate surface area is 107 Å². The minimum Gasteiger partial charge on any atom is -0.481 e. The molecule has 2 nitrogen and oxygen atoms in total. The zero-order valence-corrected chi connectivity index (χ0v) is 10.6. The standard InChI is InChI=1S/C16H15NO/c1-4-10-18-14-8-9-15-13(11-14)6-5-7-16(15)17-12(2)3/h1,5-9,11H,10H2,2-3H3. The maximum Gasteiger partial charge on any atom is 0.148 e. The van der Waals surface area contributed by atoms with Crippen LogP contribution in [0.25, 0.3) is 10.8 Å². The third-order valence-corrected chi connectivity index (χ3v) is 2.50. The third-order valence-electron chi connectivity index (χ3n) is 2.50. The van der Waals surface area contributed by atoms with Crippen LogP contribution in [-0.4, -0.2) is 12.3 Å². The molecular weight excluding hydrogens is 222 g/mol. The van der Waals surface area contributed by atoms with Gasteiger partial charge in [0.25, 0.3) is 0 Å². The van der Waals surface area contributed by atoms with Crippen LogP contribution in [0.3, 0.4) is 0 Å². The van der Waals surface area contributed by atoms with Gasteiger partial charge in [-0.05, 0) is 43.5 Å². The van der Waals surface area contributed by atoms with E-state index in [4.69, 9.17) is 11.2 Å². The Bertz CT molecular complexity index is 631. The first-order chi connectivity index (χ1) is 8.70. The van der Waals surface area contributed by atoms with Gasteiger partial charge in [-0.1, -0.05) is 18.1 Å². The minimum atomic E-state index is 0.289. The van der Waals surface area contributed by atoms with E-state index in [1.54, 1.807) is 0 Å². The maximum atomic E-state index is 5.41. The summed E-state index contributed by atoms with van der Waals surface area (Å²) in [5, 5.41) is 2.22. The van der Waals surface area contributed by atoms with Crippen molar-refractivity contribution in [2.24, 2.45) is 4.99 Å². The normalized spacial score (nSPS) is 9.83. The van der Waals surface area contributed by atoms with Crippen molar-refractivity contribution < 1.29 is 4.74 Å². The van der Waals surface area contributed by atoms with Crippen LogP contribution in [0.15, 0.2) is 41.4 Å². The molecule has 0 unspecified atom stereocenters. The van der Waals surface area contributed by atoms with Crippen molar-refractivity contribution in [3.63, 3.8) is 0 Å². The first-order valence-corrected chi connectivity index (χ1v) is 5.81. The van der Waals surface area contributed by atoms with Crippen molar-refractivity contribution in [3.05, 3.63) is 36.4 Å². The van der Waals surface area contributed by atoms with Gasteiger partial charge in [-0.15, -0.1) is 6.42 Å². The molecule has 0 saturated carbocycles. The molecule has 18 heavy (non-hydrogen) atoms. The average Bonchev–Trinajstić information content (AvgIpc) is 2.35. The molecule has 0 aromatic heterocycles. The second-order valence-corrected chi connectivity index (χ2v) is 4.21. The monoisotopic (exact) mass is 237 g/mol. The molecule has 0 saturated heterocycles. The van der Waals surface area contributed by atoms with Crippen LogP contribution >= 0.6 is 0 Å². The summed E-state index contributed by atoms with van der Waals surface area (Å²) in [4.78, 5) is 4.52. The van der Waals surface area contributed by atoms with Gasteiger partial charge in [0.1, 0.15) is 12.4 Å². The number of ether oxygens (including phenoxy) is 1. The second kappa shape index (κ2) is 5.37. The lowest BCUT2D eigenvalue weighted by molar-refractivity contribution is 0.371. The van der Waals surface area contributed by atoms with E-state index in [-0.39, 0.29) is 6.61 Å². The van der Waals surface area contributed by atoms with Crippen molar-refractivity contribution in [2.45, 2.75) is 13.8 Å². The summed E-state index contributed by atoms with van der Waals surface area (Å²) in [6, 6.07) is 12.0. The van der Waals surface area contributed by atoms with Crippen molar-refractivity contribution >= 4 is 22.2 Å². The number of nitrogens with zero attached hydrogens (tertiary/aromatic N) is 1. The van der Waals surface area contributed by atoms with Gasteiger partial charge in [0.2, 0.25) is 0 Å². The molecule has 0 spiro atoms. The minimum absolute atomic E-state index is 0.289. The lowest BCUT2D eigenvalue weighted by atomic mass is 10.1. The van der Waals surface area contributed by atoms with E-state index in [0.29, 0.717) is 0 Å². The van der Waals surface area contributed by atoms with Gasteiger partial charge in [0.05, 0.1) is 5.69 Å². The Morgan fingerprint density at radius 3 is 2.83 bits per heavy atom. The highest BCUT2D eigenvalue weighted by Gasteiger charge is 2.01. The zero-order valence-electron chi connectivity index (χ0n) is 10.6. The third kappa shape index (κ3) is 2.70. The highest BCUT2D eigenvalue weighted by molar-refractivity contribution is 5.96. The molecule has 0 atom stereocenters. The van der Waals surface area contributed by atoms with Gasteiger partial charge in [-0.3, -0.25) is 4.99 Å². The summed E-state index contributed by atoms with van der Waals surface area (Å²) in [7, 11) is 0. The molecule has 0 bridgehead atoms. The van der Waals surface area contributed by atoms with E-state index < -0.39 is 0 Å². The van der Waals surface area contributed by atoms with Gasteiger partial charge in [0.15, 0.2) is 0 Å². The van der Waals surface area contributed by atoms with Crippen LogP contribution in [0.1, 0.15) is 13.8 Å². The van der Waals surface area contributed by atoms with Crippen LogP contribution in [0.5, 0.6) is 5.75 Å². The summed E-state index contributed by atoms with van der Waals surface area (Å²) in [5.74, 6) is 3.24. The van der Waals surface area contributed by atoms with E-state index in [9.17, 15) is 0 Å². The number of rotatable bonds is 3. The summed E-state index contributed by atoms with van der Waals surface area (Å²) >= 11 is 0. The second-order valence-electron chi connectivity index (χ2n) is 4.21. The highest BCUT2D eigenvalue weighted by Crippen LogP contribution is 2.29. The summed E-state index contributed by atoms with van der Waals surface area (Å²) in [5.41, 5.74) is 2.02. The fraction of sp³-hybridized carbons (Fsp3) is 0.188. The largest absolute Gasteiger partial charge is 0.481 e. The smallest absolute Gasteiger partial charge is 0.148 e. The molecule has 90 valence electrons. The van der Waals surface area contributed by atoms with Crippen LogP contribution in [0.4, 0.5) is 5.69 Å². The van der Waals surface area contributed by atoms with E-state index in [1.165, 1.54) is 0 Å². The van der Waals surface area contributed by atoms with E-state index in [2.05, 4.69) is 10.9 Å². The molecule has 2 heteroatoms. The SMILES string of the molecule is C#CCOc1ccc2c(N=C(C)C)cccc2c1. The Morgan fingerprint density at radius 1 is 1.28 bits per heavy atom. The molecule has 0 aliphatic carbocycles. The van der Waals surface area contributed by atoms with Crippen molar-refractivity contribution in [3.8, 4) is 18.1 Å². The lowest BCUT2D eigenvalue weighted by Crippen LogP contribution is -1.92. The Hall–Kier alpha value is -2.27. The molecule has 2 aromatic rings. The van der Waals surface area contributed by atoms with Crippen molar-refractivity contribution in [1.29, 1.82) is 0 Å². The van der Waals surface area contributed by atoms with Gasteiger partial charge in [-0.25, -0.2) is 0 Å². The van der Waals surface area contributed by atoms with Gasteiger partial charge >= 0.3 is 0 Å². The molecule has 0 aliphatic rings. The van der Waals surface area contributed by atoms with E-state index in [0.717, 1.165) is 27.9 Å². The zero-order chi connectivity index (χ0) is 13.0. The number of benzene rings is 2. The number of aliphatic imine (C=N–C) groups is 1. The van der Waals surface area contributed by atoms with Crippen LogP contribution in [0.2, 0.25) is 0 Å². The molecule has 0 N–H and O–H groups in total. The highest BCUT2D eigenvalue weighted by atomic mass is 16.5. The molecule has 0 aliphatic heterocycles. The van der Waals surface area contributed by atoms with E-state index >= 15 is 0 Å². The van der Waals surface area contributed by atoms with Gasteiger partial charge in [-0.2, -0.15) is 0 Å². The Balaban J connectivity index is 2.47. The molecule has 0 fully saturated rings. The first kappa shape index (κ1) is 12.2. The molecule has 0 heterocycles. The fourth-order valence-corrected chi connectivity index (χ4v) is 1.80. The van der Waals surface area contributed by atoms with Crippen LogP contribution in [-0.2, 0) is 0 Å².